The van der Waals surface area contributed by atoms with Gasteiger partial charge >= 0.3 is 0 Å². The molecule has 13 heteroatoms. The van der Waals surface area contributed by atoms with Gasteiger partial charge < -0.3 is 15.9 Å². The number of para-hydroxylation sites is 1. The van der Waals surface area contributed by atoms with Gasteiger partial charge in [0.15, 0.2) is 11.5 Å². The molecule has 43 heavy (non-hydrogen) atoms. The van der Waals surface area contributed by atoms with Gasteiger partial charge in [0, 0.05) is 27.6 Å². The predicted octanol–water partition coefficient (Wildman–Crippen LogP) is 4.62. The van der Waals surface area contributed by atoms with Crippen LogP contribution in [-0.2, 0) is 6.54 Å². The number of nitrogens with zero attached hydrogens (tertiary/aromatic N) is 7. The topological polar surface area (TPSA) is 149 Å². The molecule has 212 valence electrons. The highest BCUT2D eigenvalue weighted by molar-refractivity contribution is 7.99. The van der Waals surface area contributed by atoms with E-state index >= 15 is 0 Å². The van der Waals surface area contributed by atoms with E-state index in [1.165, 1.54) is 44.0 Å². The molecule has 0 atom stereocenters. The second-order valence-electron chi connectivity index (χ2n) is 9.63. The standard InChI is InChI=1S/C30H21FN8O3S/c31-18-11-17(12-21(41)13-18)26-25-28(32)33-16-34-29(25)38(36-26)15-24-35-37-10-9-23(43-22-8-4-7-20(40)14-22)27(37)30(42)39(24)19-5-2-1-3-6-19/h1-14,16,40-41H,15H2,(H2,32,33,34). The van der Waals surface area contributed by atoms with E-state index in [-0.39, 0.29) is 40.7 Å². The lowest BCUT2D eigenvalue weighted by atomic mass is 10.1. The lowest BCUT2D eigenvalue weighted by Crippen LogP contribution is -2.28. The van der Waals surface area contributed by atoms with Crippen LogP contribution in [0.1, 0.15) is 5.82 Å². The highest BCUT2D eigenvalue weighted by atomic mass is 32.2. The Kier molecular flexibility index (Phi) is 6.28. The minimum Gasteiger partial charge on any atom is -0.508 e. The first kappa shape index (κ1) is 26.2. The Morgan fingerprint density at radius 1 is 0.907 bits per heavy atom. The van der Waals surface area contributed by atoms with Gasteiger partial charge in [-0.25, -0.2) is 23.6 Å². The molecule has 0 bridgehead atoms. The molecule has 7 rings (SSSR count). The van der Waals surface area contributed by atoms with Crippen LogP contribution in [0.25, 0.3) is 33.5 Å². The molecular formula is C30H21FN8O3S. The fraction of sp³-hybridized carbons (Fsp3) is 0.0333. The molecule has 4 N–H and O–H groups in total. The van der Waals surface area contributed by atoms with Crippen LogP contribution < -0.4 is 11.3 Å². The summed E-state index contributed by atoms with van der Waals surface area (Å²) >= 11 is 1.34. The maximum atomic E-state index is 14.2. The number of benzene rings is 3. The van der Waals surface area contributed by atoms with Crippen LogP contribution in [0, 0.1) is 5.82 Å². The maximum Gasteiger partial charge on any atom is 0.283 e. The van der Waals surface area contributed by atoms with Gasteiger partial charge in [0.25, 0.3) is 5.56 Å². The molecule has 4 heterocycles. The number of halogens is 1. The lowest BCUT2D eigenvalue weighted by Gasteiger charge is -2.14. The first-order valence-electron chi connectivity index (χ1n) is 13.0. The SMILES string of the molecule is Nc1ncnc2c1c(-c1cc(O)cc(F)c1)nn2Cc1nn2ccc(Sc3cccc(O)c3)c2c(=O)n1-c1ccccc1. The fourth-order valence-electron chi connectivity index (χ4n) is 4.97. The van der Waals surface area contributed by atoms with Crippen LogP contribution in [0.2, 0.25) is 0 Å². The molecule has 0 saturated heterocycles. The fourth-order valence-corrected chi connectivity index (χ4v) is 5.96. The summed E-state index contributed by atoms with van der Waals surface area (Å²) < 4.78 is 18.8. The van der Waals surface area contributed by atoms with E-state index in [0.29, 0.717) is 33.0 Å². The molecule has 0 amide bonds. The van der Waals surface area contributed by atoms with Crippen molar-refractivity contribution in [1.82, 2.24) is 33.9 Å². The van der Waals surface area contributed by atoms with Gasteiger partial charge in [-0.1, -0.05) is 36.0 Å². The lowest BCUT2D eigenvalue weighted by molar-refractivity contribution is 0.469. The van der Waals surface area contributed by atoms with Gasteiger partial charge in [0.2, 0.25) is 0 Å². The van der Waals surface area contributed by atoms with E-state index in [2.05, 4.69) is 15.1 Å². The number of aromatic nitrogens is 7. The molecule has 0 radical (unpaired) electrons. The Morgan fingerprint density at radius 3 is 2.53 bits per heavy atom. The molecule has 7 aromatic rings. The van der Waals surface area contributed by atoms with Crippen LogP contribution >= 0.6 is 11.8 Å². The van der Waals surface area contributed by atoms with Gasteiger partial charge in [-0.3, -0.25) is 9.36 Å². The Labute approximate surface area is 246 Å². The minimum absolute atomic E-state index is 0.0124. The summed E-state index contributed by atoms with van der Waals surface area (Å²) in [5.74, 6) is -0.337. The number of phenols is 2. The zero-order valence-corrected chi connectivity index (χ0v) is 23.0. The van der Waals surface area contributed by atoms with Crippen molar-refractivity contribution in [3.05, 3.63) is 113 Å². The molecule has 11 nitrogen and oxygen atoms in total. The van der Waals surface area contributed by atoms with E-state index in [0.717, 1.165) is 11.0 Å². The summed E-state index contributed by atoms with van der Waals surface area (Å²) in [5, 5.41) is 29.8. The average Bonchev–Trinajstić information content (AvgIpc) is 3.55. The third-order valence-corrected chi connectivity index (χ3v) is 7.82. The first-order chi connectivity index (χ1) is 20.9. The van der Waals surface area contributed by atoms with Gasteiger partial charge in [0.05, 0.1) is 11.1 Å². The van der Waals surface area contributed by atoms with Gasteiger partial charge in [-0.05, 0) is 48.5 Å². The van der Waals surface area contributed by atoms with Crippen molar-refractivity contribution in [2.45, 2.75) is 16.3 Å². The highest BCUT2D eigenvalue weighted by Crippen LogP contribution is 2.34. The zero-order chi connectivity index (χ0) is 29.7. The number of hydrogen-bond acceptors (Lipinski definition) is 9. The average molecular weight is 593 g/mol. The maximum absolute atomic E-state index is 14.2. The van der Waals surface area contributed by atoms with Crippen molar-refractivity contribution < 1.29 is 14.6 Å². The molecule has 4 aromatic heterocycles. The Hall–Kier alpha value is -5.69. The number of rotatable bonds is 6. The highest BCUT2D eigenvalue weighted by Gasteiger charge is 2.22. The molecule has 0 spiro atoms. The number of hydrogen-bond donors (Lipinski definition) is 3. The number of anilines is 1. The quantitative estimate of drug-likeness (QED) is 0.251. The van der Waals surface area contributed by atoms with Crippen molar-refractivity contribution in [3.63, 3.8) is 0 Å². The largest absolute Gasteiger partial charge is 0.508 e. The smallest absolute Gasteiger partial charge is 0.283 e. The van der Waals surface area contributed by atoms with Crippen LogP contribution in [0.4, 0.5) is 10.2 Å². The second-order valence-corrected chi connectivity index (χ2v) is 10.7. The molecule has 0 saturated carbocycles. The van der Waals surface area contributed by atoms with E-state index in [9.17, 15) is 19.4 Å². The monoisotopic (exact) mass is 592 g/mol. The molecule has 0 aliphatic carbocycles. The second kappa shape index (κ2) is 10.3. The van der Waals surface area contributed by atoms with Crippen LogP contribution in [0.15, 0.2) is 106 Å². The number of nitrogens with two attached hydrogens (primary N) is 1. The third-order valence-electron chi connectivity index (χ3n) is 6.78. The summed E-state index contributed by atoms with van der Waals surface area (Å²) in [6.07, 6.45) is 2.99. The number of nitrogen functional groups attached to an aromatic ring is 1. The van der Waals surface area contributed by atoms with E-state index < -0.39 is 5.82 Å². The molecule has 0 unspecified atom stereocenters. The number of phenolic OH excluding ortho intramolecular Hbond substituents is 2. The summed E-state index contributed by atoms with van der Waals surface area (Å²) in [6.45, 7) is -0.0124. The van der Waals surface area contributed by atoms with Crippen molar-refractivity contribution >= 4 is 34.1 Å². The molecule has 3 aromatic carbocycles. The molecule has 0 fully saturated rings. The van der Waals surface area contributed by atoms with Crippen molar-refractivity contribution in [2.75, 3.05) is 5.73 Å². The molecule has 0 aliphatic rings. The van der Waals surface area contributed by atoms with Crippen molar-refractivity contribution in [2.24, 2.45) is 0 Å². The Morgan fingerprint density at radius 2 is 1.74 bits per heavy atom. The van der Waals surface area contributed by atoms with Crippen molar-refractivity contribution in [1.29, 1.82) is 0 Å². The van der Waals surface area contributed by atoms with E-state index in [1.807, 2.05) is 24.3 Å². The number of aromatic hydroxyl groups is 2. The zero-order valence-electron chi connectivity index (χ0n) is 22.2. The molecule has 0 aliphatic heterocycles. The summed E-state index contributed by atoms with van der Waals surface area (Å²) in [5.41, 5.74) is 7.74. The number of fused-ring (bicyclic) bond motifs is 2. The van der Waals surface area contributed by atoms with E-state index in [1.54, 1.807) is 42.6 Å². The normalized spacial score (nSPS) is 11.5. The first-order valence-corrected chi connectivity index (χ1v) is 13.8. The molecular weight excluding hydrogens is 571 g/mol. The van der Waals surface area contributed by atoms with E-state index in [4.69, 9.17) is 10.8 Å². The van der Waals surface area contributed by atoms with Gasteiger partial charge in [-0.2, -0.15) is 10.2 Å². The Balaban J connectivity index is 1.41. The summed E-state index contributed by atoms with van der Waals surface area (Å²) in [7, 11) is 0. The van der Waals surface area contributed by atoms with Gasteiger partial charge in [0.1, 0.15) is 47.2 Å². The van der Waals surface area contributed by atoms with Crippen LogP contribution in [-0.4, -0.2) is 44.1 Å². The third kappa shape index (κ3) is 4.71. The van der Waals surface area contributed by atoms with Crippen LogP contribution in [0.3, 0.4) is 0 Å². The summed E-state index contributed by atoms with van der Waals surface area (Å²) in [6, 6.07) is 21.3. The Bertz CT molecular complexity index is 2210. The van der Waals surface area contributed by atoms with Gasteiger partial charge in [-0.15, -0.1) is 0 Å². The van der Waals surface area contributed by atoms with Crippen molar-refractivity contribution in [3.8, 4) is 28.4 Å². The summed E-state index contributed by atoms with van der Waals surface area (Å²) in [4.78, 5) is 24.1. The van der Waals surface area contributed by atoms with Crippen LogP contribution in [0.5, 0.6) is 11.5 Å². The predicted molar refractivity (Wildman–Crippen MR) is 159 cm³/mol. The minimum atomic E-state index is -0.648.